The minimum Gasteiger partial charge on any atom is -0.365 e. The molecular weight excluding hydrogens is 228 g/mol. The molecule has 18 heavy (non-hydrogen) atoms. The first-order valence-corrected chi connectivity index (χ1v) is 6.71. The Labute approximate surface area is 107 Å². The van der Waals surface area contributed by atoms with Crippen LogP contribution in [0.25, 0.3) is 0 Å². The van der Waals surface area contributed by atoms with Crippen LogP contribution in [0.2, 0.25) is 0 Å². The van der Waals surface area contributed by atoms with Crippen molar-refractivity contribution in [3.05, 3.63) is 32.7 Å². The molecule has 1 aliphatic carbocycles. The number of primary amides is 1. The molecule has 4 nitrogen and oxygen atoms in total. The fourth-order valence-electron chi connectivity index (χ4n) is 2.84. The maximum Gasteiger partial charge on any atom is 0.261 e. The zero-order chi connectivity index (χ0) is 13.1. The van der Waals surface area contributed by atoms with Crippen LogP contribution in [0.3, 0.4) is 0 Å². The summed E-state index contributed by atoms with van der Waals surface area (Å²) in [6, 6.07) is 0. The number of carbonyl (C=O) groups is 1. The molecule has 1 aromatic heterocycles. The van der Waals surface area contributed by atoms with E-state index < -0.39 is 5.91 Å². The summed E-state index contributed by atoms with van der Waals surface area (Å²) in [5.41, 5.74) is 8.26. The van der Waals surface area contributed by atoms with Gasteiger partial charge in [0.1, 0.15) is 5.56 Å². The third-order valence-corrected chi connectivity index (χ3v) is 3.73. The molecule has 0 spiro atoms. The average molecular weight is 248 g/mol. The van der Waals surface area contributed by atoms with E-state index in [1.807, 2.05) is 6.92 Å². The smallest absolute Gasteiger partial charge is 0.261 e. The lowest BCUT2D eigenvalue weighted by Crippen LogP contribution is -2.29. The molecule has 1 aromatic rings. The molecule has 4 heteroatoms. The van der Waals surface area contributed by atoms with Crippen molar-refractivity contribution in [2.75, 3.05) is 0 Å². The molecule has 0 unspecified atom stereocenters. The summed E-state index contributed by atoms with van der Waals surface area (Å²) in [5.74, 6) is -0.601. The molecule has 0 aromatic carbocycles. The first-order valence-electron chi connectivity index (χ1n) is 6.71. The normalized spacial score (nSPS) is 15.6. The van der Waals surface area contributed by atoms with E-state index in [-0.39, 0.29) is 11.1 Å². The van der Waals surface area contributed by atoms with Crippen molar-refractivity contribution in [2.24, 2.45) is 5.73 Å². The van der Waals surface area contributed by atoms with Gasteiger partial charge in [0.25, 0.3) is 11.5 Å². The number of fused-ring (bicyclic) bond motifs is 1. The second-order valence-corrected chi connectivity index (χ2v) is 4.90. The third-order valence-electron chi connectivity index (χ3n) is 3.73. The molecule has 3 N–H and O–H groups in total. The zero-order valence-electron chi connectivity index (χ0n) is 10.8. The van der Waals surface area contributed by atoms with E-state index in [1.165, 1.54) is 6.42 Å². The van der Waals surface area contributed by atoms with E-state index in [2.05, 4.69) is 4.98 Å². The minimum absolute atomic E-state index is 0.184. The van der Waals surface area contributed by atoms with E-state index in [4.69, 9.17) is 5.73 Å². The highest BCUT2D eigenvalue weighted by Crippen LogP contribution is 2.23. The van der Waals surface area contributed by atoms with Gasteiger partial charge in [0.05, 0.1) is 0 Å². The number of hydrogen-bond donors (Lipinski definition) is 2. The van der Waals surface area contributed by atoms with E-state index in [1.54, 1.807) is 0 Å². The van der Waals surface area contributed by atoms with E-state index in [0.717, 1.165) is 55.3 Å². The van der Waals surface area contributed by atoms with Gasteiger partial charge in [-0.05, 0) is 43.2 Å². The minimum atomic E-state index is -0.601. The van der Waals surface area contributed by atoms with Crippen molar-refractivity contribution in [3.63, 3.8) is 0 Å². The fourth-order valence-corrected chi connectivity index (χ4v) is 2.84. The van der Waals surface area contributed by atoms with Crippen LogP contribution in [-0.4, -0.2) is 10.9 Å². The van der Waals surface area contributed by atoms with Gasteiger partial charge in [-0.15, -0.1) is 0 Å². The van der Waals surface area contributed by atoms with Crippen LogP contribution in [0, 0.1) is 0 Å². The van der Waals surface area contributed by atoms with Crippen LogP contribution in [0.5, 0.6) is 0 Å². The Kier molecular flexibility index (Phi) is 3.84. The molecule has 1 amide bonds. The van der Waals surface area contributed by atoms with Gasteiger partial charge >= 0.3 is 0 Å². The molecule has 0 atom stereocenters. The number of carbonyl (C=O) groups excluding carboxylic acids is 1. The fraction of sp³-hybridized carbons (Fsp3) is 0.571. The van der Waals surface area contributed by atoms with Crippen molar-refractivity contribution in [3.8, 4) is 0 Å². The Morgan fingerprint density at radius 2 is 1.78 bits per heavy atom. The molecule has 0 bridgehead atoms. The van der Waals surface area contributed by atoms with Crippen LogP contribution >= 0.6 is 0 Å². The van der Waals surface area contributed by atoms with Gasteiger partial charge in [-0.1, -0.05) is 19.8 Å². The highest BCUT2D eigenvalue weighted by Gasteiger charge is 2.20. The van der Waals surface area contributed by atoms with Crippen LogP contribution in [0.15, 0.2) is 4.79 Å². The Morgan fingerprint density at radius 1 is 1.17 bits per heavy atom. The number of aromatic nitrogens is 1. The molecule has 2 rings (SSSR count). The van der Waals surface area contributed by atoms with Gasteiger partial charge in [0.15, 0.2) is 0 Å². The number of aryl methyl sites for hydroxylation is 1. The van der Waals surface area contributed by atoms with Gasteiger partial charge in [-0.3, -0.25) is 9.59 Å². The highest BCUT2D eigenvalue weighted by atomic mass is 16.2. The third kappa shape index (κ3) is 2.33. The predicted octanol–water partition coefficient (Wildman–Crippen LogP) is 1.70. The van der Waals surface area contributed by atoms with Crippen molar-refractivity contribution < 1.29 is 4.79 Å². The van der Waals surface area contributed by atoms with Crippen molar-refractivity contribution in [2.45, 2.75) is 51.9 Å². The highest BCUT2D eigenvalue weighted by molar-refractivity contribution is 5.94. The number of amides is 1. The molecule has 1 heterocycles. The van der Waals surface area contributed by atoms with Crippen LogP contribution in [0.1, 0.15) is 59.8 Å². The summed E-state index contributed by atoms with van der Waals surface area (Å²) >= 11 is 0. The summed E-state index contributed by atoms with van der Waals surface area (Å²) in [7, 11) is 0. The topological polar surface area (TPSA) is 75.9 Å². The van der Waals surface area contributed by atoms with E-state index in [9.17, 15) is 9.59 Å². The van der Waals surface area contributed by atoms with Crippen molar-refractivity contribution in [1.82, 2.24) is 4.98 Å². The molecule has 0 fully saturated rings. The van der Waals surface area contributed by atoms with Gasteiger partial charge in [0.2, 0.25) is 0 Å². The summed E-state index contributed by atoms with van der Waals surface area (Å²) in [5, 5.41) is 0. The molecule has 0 saturated heterocycles. The monoisotopic (exact) mass is 248 g/mol. The SMILES string of the molecule is CCc1[nH]c(=O)c(C(N)=O)c2c1CCCCCC2. The van der Waals surface area contributed by atoms with Gasteiger partial charge in [-0.2, -0.15) is 0 Å². The van der Waals surface area contributed by atoms with Crippen molar-refractivity contribution >= 4 is 5.91 Å². The second kappa shape index (κ2) is 5.38. The standard InChI is InChI=1S/C14H20N2O2/c1-2-11-9-7-5-3-4-6-8-10(9)12(13(15)17)14(18)16-11/h2-8H2,1H3,(H2,15,17)(H,16,18). The zero-order valence-corrected chi connectivity index (χ0v) is 10.8. The number of H-pyrrole nitrogens is 1. The molecule has 0 aliphatic heterocycles. The Hall–Kier alpha value is -1.58. The number of hydrogen-bond acceptors (Lipinski definition) is 2. The second-order valence-electron chi connectivity index (χ2n) is 4.90. The summed E-state index contributed by atoms with van der Waals surface area (Å²) in [6.45, 7) is 2.02. The number of nitrogens with two attached hydrogens (primary N) is 1. The number of nitrogens with one attached hydrogen (secondary N) is 1. The number of rotatable bonds is 2. The predicted molar refractivity (Wildman–Crippen MR) is 70.8 cm³/mol. The summed E-state index contributed by atoms with van der Waals surface area (Å²) in [4.78, 5) is 26.3. The summed E-state index contributed by atoms with van der Waals surface area (Å²) in [6.07, 6.45) is 7.04. The van der Waals surface area contributed by atoms with Crippen molar-refractivity contribution in [1.29, 1.82) is 0 Å². The quantitative estimate of drug-likeness (QED) is 0.835. The maximum atomic E-state index is 12.0. The van der Waals surface area contributed by atoms with Gasteiger partial charge in [0, 0.05) is 5.69 Å². The average Bonchev–Trinajstić information content (AvgIpc) is 2.29. The lowest BCUT2D eigenvalue weighted by atomic mass is 9.89. The molecular formula is C14H20N2O2. The van der Waals surface area contributed by atoms with Gasteiger partial charge in [-0.25, -0.2) is 0 Å². The van der Waals surface area contributed by atoms with E-state index in [0.29, 0.717) is 0 Å². The Bertz CT molecular complexity index is 517. The van der Waals surface area contributed by atoms with E-state index >= 15 is 0 Å². The number of pyridine rings is 1. The lowest BCUT2D eigenvalue weighted by Gasteiger charge is -2.18. The van der Waals surface area contributed by atoms with Gasteiger partial charge < -0.3 is 10.7 Å². The van der Waals surface area contributed by atoms with Crippen LogP contribution in [-0.2, 0) is 19.3 Å². The first-order chi connectivity index (χ1) is 8.65. The first kappa shape index (κ1) is 12.9. The van der Waals surface area contributed by atoms with Crippen LogP contribution in [0.4, 0.5) is 0 Å². The lowest BCUT2D eigenvalue weighted by molar-refractivity contribution is 0.0997. The maximum absolute atomic E-state index is 12.0. The molecule has 0 saturated carbocycles. The van der Waals surface area contributed by atoms with Crippen LogP contribution < -0.4 is 11.3 Å². The molecule has 98 valence electrons. The molecule has 1 aliphatic rings. The Morgan fingerprint density at radius 3 is 2.33 bits per heavy atom. The molecule has 0 radical (unpaired) electrons. The number of aromatic amines is 1. The summed E-state index contributed by atoms with van der Waals surface area (Å²) < 4.78 is 0. The largest absolute Gasteiger partial charge is 0.365 e. The Balaban J connectivity index is 2.65.